The van der Waals surface area contributed by atoms with Gasteiger partial charge in [0, 0.05) is 0 Å². The quantitative estimate of drug-likeness (QED) is 0.381. The normalized spacial score (nSPS) is 12.0. The Morgan fingerprint density at radius 1 is 0.867 bits per heavy atom. The van der Waals surface area contributed by atoms with E-state index in [4.69, 9.17) is 5.11 Å². The van der Waals surface area contributed by atoms with Crippen molar-refractivity contribution in [3.63, 3.8) is 0 Å². The summed E-state index contributed by atoms with van der Waals surface area (Å²) in [6.45, 7) is 4.36. The van der Waals surface area contributed by atoms with Gasteiger partial charge in [-0.15, -0.1) is 0 Å². The summed E-state index contributed by atoms with van der Waals surface area (Å²) in [6, 6.07) is 0. The van der Waals surface area contributed by atoms with E-state index in [2.05, 4.69) is 13.8 Å². The van der Waals surface area contributed by atoms with E-state index >= 15 is 0 Å². The first-order chi connectivity index (χ1) is 7.35. The first-order valence-electron chi connectivity index (χ1n) is 6.67. The van der Waals surface area contributed by atoms with Crippen LogP contribution in [-0.2, 0) is 0 Å². The standard InChI is InChI=1S/C14H28O/c1-3-5-6-7-8-9-10-11-12-14(4-2)13-15/h13,15H,3-12H2,1-2H3. The second-order valence-corrected chi connectivity index (χ2v) is 4.37. The number of hydrogen-bond acceptors (Lipinski definition) is 1. The van der Waals surface area contributed by atoms with Crippen molar-refractivity contribution in [1.29, 1.82) is 0 Å². The molecule has 90 valence electrons. The van der Waals surface area contributed by atoms with Crippen LogP contribution in [-0.4, -0.2) is 5.11 Å². The Labute approximate surface area is 95.6 Å². The number of aliphatic hydroxyl groups is 1. The number of hydrogen-bond donors (Lipinski definition) is 1. The van der Waals surface area contributed by atoms with Gasteiger partial charge in [-0.25, -0.2) is 0 Å². The zero-order valence-corrected chi connectivity index (χ0v) is 10.6. The summed E-state index contributed by atoms with van der Waals surface area (Å²) < 4.78 is 0. The van der Waals surface area contributed by atoms with Gasteiger partial charge in [0.25, 0.3) is 0 Å². The summed E-state index contributed by atoms with van der Waals surface area (Å²) in [5.41, 5.74) is 1.20. The second kappa shape index (κ2) is 11.6. The minimum atomic E-state index is 0.993. The van der Waals surface area contributed by atoms with Crippen molar-refractivity contribution in [3.05, 3.63) is 11.8 Å². The molecule has 0 atom stereocenters. The Bertz CT molecular complexity index is 149. The van der Waals surface area contributed by atoms with Crippen molar-refractivity contribution in [2.75, 3.05) is 0 Å². The molecule has 0 aromatic carbocycles. The van der Waals surface area contributed by atoms with Crippen LogP contribution in [0.25, 0.3) is 0 Å². The van der Waals surface area contributed by atoms with Gasteiger partial charge in [0.2, 0.25) is 0 Å². The smallest absolute Gasteiger partial charge is 0.0783 e. The lowest BCUT2D eigenvalue weighted by atomic mass is 10.0. The molecule has 1 nitrogen and oxygen atoms in total. The van der Waals surface area contributed by atoms with E-state index in [1.54, 1.807) is 0 Å². The zero-order valence-electron chi connectivity index (χ0n) is 10.6. The molecular formula is C14H28O. The van der Waals surface area contributed by atoms with Gasteiger partial charge in [-0.1, -0.05) is 58.8 Å². The maximum Gasteiger partial charge on any atom is 0.0783 e. The molecule has 15 heavy (non-hydrogen) atoms. The van der Waals surface area contributed by atoms with Crippen LogP contribution in [0.4, 0.5) is 0 Å². The molecule has 0 fully saturated rings. The maximum atomic E-state index is 8.86. The van der Waals surface area contributed by atoms with Gasteiger partial charge in [0.05, 0.1) is 6.26 Å². The van der Waals surface area contributed by atoms with E-state index in [0.717, 1.165) is 12.8 Å². The van der Waals surface area contributed by atoms with Gasteiger partial charge in [-0.3, -0.25) is 0 Å². The van der Waals surface area contributed by atoms with Crippen LogP contribution in [0.2, 0.25) is 0 Å². The number of aliphatic hydroxyl groups excluding tert-OH is 1. The fourth-order valence-electron chi connectivity index (χ4n) is 1.82. The summed E-state index contributed by atoms with van der Waals surface area (Å²) in [5, 5.41) is 8.86. The average Bonchev–Trinajstić information content (AvgIpc) is 2.27. The number of unbranched alkanes of at least 4 members (excludes halogenated alkanes) is 7. The topological polar surface area (TPSA) is 20.2 Å². The van der Waals surface area contributed by atoms with Crippen molar-refractivity contribution in [2.24, 2.45) is 0 Å². The molecule has 0 aromatic heterocycles. The first-order valence-corrected chi connectivity index (χ1v) is 6.67. The van der Waals surface area contributed by atoms with Gasteiger partial charge in [-0.05, 0) is 24.8 Å². The third-order valence-corrected chi connectivity index (χ3v) is 2.99. The first kappa shape index (κ1) is 14.5. The lowest BCUT2D eigenvalue weighted by Gasteiger charge is -2.03. The Morgan fingerprint density at radius 3 is 1.87 bits per heavy atom. The predicted octanol–water partition coefficient (Wildman–Crippen LogP) is 5.37. The highest BCUT2D eigenvalue weighted by Gasteiger charge is 1.95. The monoisotopic (exact) mass is 212 g/mol. The molecule has 0 aliphatic carbocycles. The molecule has 0 aromatic rings. The van der Waals surface area contributed by atoms with Crippen molar-refractivity contribution in [2.45, 2.75) is 78.1 Å². The highest BCUT2D eigenvalue weighted by Crippen LogP contribution is 2.14. The zero-order chi connectivity index (χ0) is 11.4. The molecule has 0 saturated carbocycles. The largest absolute Gasteiger partial charge is 0.516 e. The van der Waals surface area contributed by atoms with Crippen molar-refractivity contribution in [3.8, 4) is 0 Å². The van der Waals surface area contributed by atoms with Crippen molar-refractivity contribution < 1.29 is 5.11 Å². The number of allylic oxidation sites excluding steroid dienone is 1. The summed E-state index contributed by atoms with van der Waals surface area (Å²) in [4.78, 5) is 0. The van der Waals surface area contributed by atoms with Crippen LogP contribution in [0.15, 0.2) is 11.8 Å². The molecule has 0 spiro atoms. The van der Waals surface area contributed by atoms with Crippen LogP contribution in [0.5, 0.6) is 0 Å². The Kier molecular flexibility index (Phi) is 11.3. The molecule has 0 radical (unpaired) electrons. The van der Waals surface area contributed by atoms with E-state index < -0.39 is 0 Å². The summed E-state index contributed by atoms with van der Waals surface area (Å²) in [7, 11) is 0. The molecule has 0 unspecified atom stereocenters. The third kappa shape index (κ3) is 9.84. The van der Waals surface area contributed by atoms with E-state index in [9.17, 15) is 0 Å². The molecule has 0 aliphatic heterocycles. The average molecular weight is 212 g/mol. The Hall–Kier alpha value is -0.460. The fraction of sp³-hybridized carbons (Fsp3) is 0.857. The molecule has 0 amide bonds. The fourth-order valence-corrected chi connectivity index (χ4v) is 1.82. The van der Waals surface area contributed by atoms with Crippen LogP contribution < -0.4 is 0 Å². The summed E-state index contributed by atoms with van der Waals surface area (Å²) in [5.74, 6) is 0. The molecular weight excluding hydrogens is 184 g/mol. The molecule has 1 N–H and O–H groups in total. The van der Waals surface area contributed by atoms with Gasteiger partial charge < -0.3 is 5.11 Å². The van der Waals surface area contributed by atoms with Crippen molar-refractivity contribution >= 4 is 0 Å². The van der Waals surface area contributed by atoms with Gasteiger partial charge in [-0.2, -0.15) is 0 Å². The Morgan fingerprint density at radius 2 is 1.40 bits per heavy atom. The maximum absolute atomic E-state index is 8.86. The molecule has 0 heterocycles. The summed E-state index contributed by atoms with van der Waals surface area (Å²) in [6.07, 6.45) is 14.2. The van der Waals surface area contributed by atoms with Crippen LogP contribution >= 0.6 is 0 Å². The highest BCUT2D eigenvalue weighted by molar-refractivity contribution is 4.95. The molecule has 0 rings (SSSR count). The van der Waals surface area contributed by atoms with E-state index in [-0.39, 0.29) is 0 Å². The molecule has 0 aliphatic rings. The van der Waals surface area contributed by atoms with Crippen LogP contribution in [0.3, 0.4) is 0 Å². The van der Waals surface area contributed by atoms with Gasteiger partial charge >= 0.3 is 0 Å². The minimum Gasteiger partial charge on any atom is -0.516 e. The SMILES string of the molecule is CCCCCCCCCCC(=CO)CC. The lowest BCUT2D eigenvalue weighted by Crippen LogP contribution is -1.84. The molecule has 1 heteroatoms. The van der Waals surface area contributed by atoms with E-state index in [1.165, 1.54) is 63.2 Å². The van der Waals surface area contributed by atoms with Crippen molar-refractivity contribution in [1.82, 2.24) is 0 Å². The van der Waals surface area contributed by atoms with E-state index in [0.29, 0.717) is 0 Å². The van der Waals surface area contributed by atoms with Crippen LogP contribution in [0.1, 0.15) is 78.1 Å². The predicted molar refractivity (Wildman–Crippen MR) is 68.2 cm³/mol. The van der Waals surface area contributed by atoms with E-state index in [1.807, 2.05) is 0 Å². The summed E-state index contributed by atoms with van der Waals surface area (Å²) >= 11 is 0. The molecule has 0 saturated heterocycles. The van der Waals surface area contributed by atoms with Crippen LogP contribution in [0, 0.1) is 0 Å². The Balaban J connectivity index is 3.11. The van der Waals surface area contributed by atoms with Gasteiger partial charge in [0.15, 0.2) is 0 Å². The minimum absolute atomic E-state index is 0.993. The molecule has 0 bridgehead atoms. The second-order valence-electron chi connectivity index (χ2n) is 4.37. The highest BCUT2D eigenvalue weighted by atomic mass is 16.2. The number of rotatable bonds is 10. The lowest BCUT2D eigenvalue weighted by molar-refractivity contribution is 0.459. The van der Waals surface area contributed by atoms with Gasteiger partial charge in [0.1, 0.15) is 0 Å². The third-order valence-electron chi connectivity index (χ3n) is 2.99.